The summed E-state index contributed by atoms with van der Waals surface area (Å²) in [7, 11) is 1.62. The monoisotopic (exact) mass is 239 g/mol. The van der Waals surface area contributed by atoms with Crippen LogP contribution >= 0.6 is 15.9 Å². The van der Waals surface area contributed by atoms with Gasteiger partial charge in [-0.2, -0.15) is 0 Å². The normalized spacial score (nSPS) is 11.8. The van der Waals surface area contributed by atoms with Crippen molar-refractivity contribution in [1.29, 1.82) is 0 Å². The van der Waals surface area contributed by atoms with Crippen molar-refractivity contribution in [3.05, 3.63) is 39.7 Å². The van der Waals surface area contributed by atoms with E-state index in [-0.39, 0.29) is 6.04 Å². The minimum atomic E-state index is -0.135. The standard InChI is InChI=1S/C10H10BrNO/c1-7(12-2)8-5-4-6-9(13-3)10(8)11/h4-7H,1,3H3. The number of nitrogens with zero attached hydrogens (tertiary/aromatic N) is 1. The Morgan fingerprint density at radius 1 is 1.54 bits per heavy atom. The lowest BCUT2D eigenvalue weighted by molar-refractivity contribution is 0.411. The predicted molar refractivity (Wildman–Crippen MR) is 55.7 cm³/mol. The van der Waals surface area contributed by atoms with Crippen LogP contribution in [0.2, 0.25) is 0 Å². The van der Waals surface area contributed by atoms with Gasteiger partial charge in [0, 0.05) is 6.92 Å². The fourth-order valence-electron chi connectivity index (χ4n) is 1.08. The van der Waals surface area contributed by atoms with Gasteiger partial charge < -0.3 is 9.58 Å². The van der Waals surface area contributed by atoms with Gasteiger partial charge in [0.25, 0.3) is 0 Å². The first-order chi connectivity index (χ1) is 6.20. The Bertz CT molecular complexity index is 343. The number of hydrogen-bond acceptors (Lipinski definition) is 1. The van der Waals surface area contributed by atoms with Crippen molar-refractivity contribution in [3.63, 3.8) is 0 Å². The maximum atomic E-state index is 6.93. The number of benzene rings is 1. The zero-order valence-electron chi connectivity index (χ0n) is 7.54. The van der Waals surface area contributed by atoms with Gasteiger partial charge in [-0.25, -0.2) is 6.57 Å². The number of hydrogen-bond donors (Lipinski definition) is 0. The van der Waals surface area contributed by atoms with Gasteiger partial charge in [0.15, 0.2) is 0 Å². The minimum absolute atomic E-state index is 0.135. The summed E-state index contributed by atoms with van der Waals surface area (Å²) >= 11 is 3.41. The molecule has 13 heavy (non-hydrogen) atoms. The second kappa shape index (κ2) is 4.29. The van der Waals surface area contributed by atoms with Crippen molar-refractivity contribution in [1.82, 2.24) is 0 Å². The second-order valence-corrected chi connectivity index (χ2v) is 3.46. The summed E-state index contributed by atoms with van der Waals surface area (Å²) in [6.45, 7) is 8.80. The van der Waals surface area contributed by atoms with E-state index in [9.17, 15) is 0 Å². The fourth-order valence-corrected chi connectivity index (χ4v) is 1.84. The van der Waals surface area contributed by atoms with Gasteiger partial charge in [0.05, 0.1) is 17.1 Å². The van der Waals surface area contributed by atoms with E-state index in [2.05, 4.69) is 20.8 Å². The molecule has 0 N–H and O–H groups in total. The number of halogens is 1. The van der Waals surface area contributed by atoms with Crippen LogP contribution in [0.25, 0.3) is 4.85 Å². The highest BCUT2D eigenvalue weighted by Gasteiger charge is 2.14. The maximum absolute atomic E-state index is 6.93. The Balaban J connectivity index is 3.17. The molecular formula is C10H10BrNO. The zero-order valence-corrected chi connectivity index (χ0v) is 9.13. The van der Waals surface area contributed by atoms with Crippen LogP contribution in [0.15, 0.2) is 22.7 Å². The fraction of sp³-hybridized carbons (Fsp3) is 0.300. The molecule has 0 saturated carbocycles. The lowest BCUT2D eigenvalue weighted by Crippen LogP contribution is -1.92. The van der Waals surface area contributed by atoms with Crippen molar-refractivity contribution >= 4 is 15.9 Å². The molecule has 1 rings (SSSR count). The van der Waals surface area contributed by atoms with Crippen LogP contribution in [-0.4, -0.2) is 7.11 Å². The summed E-state index contributed by atoms with van der Waals surface area (Å²) < 4.78 is 6.01. The molecule has 0 aliphatic rings. The molecule has 0 fully saturated rings. The van der Waals surface area contributed by atoms with Gasteiger partial charge in [-0.15, -0.1) is 0 Å². The first-order valence-corrected chi connectivity index (χ1v) is 4.69. The van der Waals surface area contributed by atoms with Crippen LogP contribution in [0, 0.1) is 6.57 Å². The topological polar surface area (TPSA) is 13.6 Å². The van der Waals surface area contributed by atoms with E-state index in [4.69, 9.17) is 11.3 Å². The van der Waals surface area contributed by atoms with E-state index < -0.39 is 0 Å². The largest absolute Gasteiger partial charge is 0.496 e. The van der Waals surface area contributed by atoms with Gasteiger partial charge in [0.1, 0.15) is 5.75 Å². The molecule has 68 valence electrons. The number of methoxy groups -OCH3 is 1. The van der Waals surface area contributed by atoms with Gasteiger partial charge in [-0.3, -0.25) is 0 Å². The van der Waals surface area contributed by atoms with Crippen LogP contribution in [-0.2, 0) is 0 Å². The molecule has 1 aromatic rings. The maximum Gasteiger partial charge on any atom is 0.247 e. The Hall–Kier alpha value is -1.01. The molecule has 1 unspecified atom stereocenters. The molecule has 0 bridgehead atoms. The van der Waals surface area contributed by atoms with Crippen LogP contribution < -0.4 is 4.74 Å². The zero-order chi connectivity index (χ0) is 9.84. The average Bonchev–Trinajstić information content (AvgIpc) is 2.17. The molecule has 1 atom stereocenters. The van der Waals surface area contributed by atoms with E-state index in [0.29, 0.717) is 0 Å². The molecule has 0 heterocycles. The smallest absolute Gasteiger partial charge is 0.247 e. The SMILES string of the molecule is [C-]#[N+]C(C)c1cccc(OC)c1Br. The van der Waals surface area contributed by atoms with Crippen molar-refractivity contribution in [3.8, 4) is 5.75 Å². The summed E-state index contributed by atoms with van der Waals surface area (Å²) in [5.41, 5.74) is 0.967. The number of rotatable bonds is 2. The van der Waals surface area contributed by atoms with Crippen LogP contribution in [0.3, 0.4) is 0 Å². The Kier molecular flexibility index (Phi) is 3.32. The van der Waals surface area contributed by atoms with E-state index in [0.717, 1.165) is 15.8 Å². The van der Waals surface area contributed by atoms with E-state index in [1.165, 1.54) is 0 Å². The molecule has 0 aliphatic carbocycles. The molecule has 3 heteroatoms. The Morgan fingerprint density at radius 3 is 2.77 bits per heavy atom. The highest BCUT2D eigenvalue weighted by atomic mass is 79.9. The van der Waals surface area contributed by atoms with E-state index >= 15 is 0 Å². The first kappa shape index (κ1) is 10.1. The lowest BCUT2D eigenvalue weighted by Gasteiger charge is -2.07. The van der Waals surface area contributed by atoms with E-state index in [1.54, 1.807) is 7.11 Å². The van der Waals surface area contributed by atoms with Crippen molar-refractivity contribution in [2.45, 2.75) is 13.0 Å². The van der Waals surface area contributed by atoms with Crippen molar-refractivity contribution < 1.29 is 4.74 Å². The van der Waals surface area contributed by atoms with Gasteiger partial charge >= 0.3 is 0 Å². The Labute approximate surface area is 86.5 Å². The molecule has 0 spiro atoms. The van der Waals surface area contributed by atoms with E-state index in [1.807, 2.05) is 25.1 Å². The van der Waals surface area contributed by atoms with Crippen molar-refractivity contribution in [2.75, 3.05) is 7.11 Å². The molecular weight excluding hydrogens is 230 g/mol. The molecule has 2 nitrogen and oxygen atoms in total. The summed E-state index contributed by atoms with van der Waals surface area (Å²) in [5.74, 6) is 0.771. The highest BCUT2D eigenvalue weighted by molar-refractivity contribution is 9.10. The summed E-state index contributed by atoms with van der Waals surface area (Å²) in [4.78, 5) is 3.46. The quantitative estimate of drug-likeness (QED) is 0.722. The van der Waals surface area contributed by atoms with Crippen LogP contribution in [0.5, 0.6) is 5.75 Å². The van der Waals surface area contributed by atoms with Crippen LogP contribution in [0.1, 0.15) is 18.5 Å². The highest BCUT2D eigenvalue weighted by Crippen LogP contribution is 2.33. The second-order valence-electron chi connectivity index (χ2n) is 2.67. The summed E-state index contributed by atoms with van der Waals surface area (Å²) in [5, 5.41) is 0. The first-order valence-electron chi connectivity index (χ1n) is 3.89. The summed E-state index contributed by atoms with van der Waals surface area (Å²) in [6, 6.07) is 5.55. The predicted octanol–water partition coefficient (Wildman–Crippen LogP) is 3.44. The average molecular weight is 240 g/mol. The molecule has 0 aliphatic heterocycles. The molecule has 1 aromatic carbocycles. The van der Waals surface area contributed by atoms with Crippen molar-refractivity contribution in [2.24, 2.45) is 0 Å². The molecule has 0 amide bonds. The molecule has 0 saturated heterocycles. The minimum Gasteiger partial charge on any atom is -0.496 e. The molecule has 0 radical (unpaired) electrons. The van der Waals surface area contributed by atoms with Gasteiger partial charge in [-0.1, -0.05) is 6.07 Å². The summed E-state index contributed by atoms with van der Waals surface area (Å²) in [6.07, 6.45) is 0. The van der Waals surface area contributed by atoms with Crippen LogP contribution in [0.4, 0.5) is 0 Å². The lowest BCUT2D eigenvalue weighted by atomic mass is 10.1. The third-order valence-electron chi connectivity index (χ3n) is 1.86. The number of ether oxygens (including phenoxy) is 1. The third-order valence-corrected chi connectivity index (χ3v) is 2.71. The molecule has 0 aromatic heterocycles. The van der Waals surface area contributed by atoms with Gasteiger partial charge in [0.2, 0.25) is 6.04 Å². The van der Waals surface area contributed by atoms with Gasteiger partial charge in [-0.05, 0) is 28.1 Å². The Morgan fingerprint density at radius 2 is 2.23 bits per heavy atom. The third kappa shape index (κ3) is 2.02.